The fourth-order valence-corrected chi connectivity index (χ4v) is 4.74. The van der Waals surface area contributed by atoms with Crippen LogP contribution in [0.2, 0.25) is 0 Å². The summed E-state index contributed by atoms with van der Waals surface area (Å²) in [6.07, 6.45) is 1.72. The third-order valence-corrected chi connectivity index (χ3v) is 6.48. The summed E-state index contributed by atoms with van der Waals surface area (Å²) in [6, 6.07) is 13.4. The zero-order chi connectivity index (χ0) is 24.0. The maximum atomic E-state index is 12.8. The monoisotopic (exact) mass is 549 g/mol. The quantitative estimate of drug-likeness (QED) is 0.234. The molecule has 0 bridgehead atoms. The van der Waals surface area contributed by atoms with E-state index in [4.69, 9.17) is 26.4 Å². The predicted octanol–water partition coefficient (Wildman–Crippen LogP) is 5.44. The molecule has 0 atom stereocenters. The van der Waals surface area contributed by atoms with Crippen molar-refractivity contribution >= 4 is 62.2 Å². The molecular weight excluding hydrogens is 526 g/mol. The molecular formula is C24H24BrNO5S2. The lowest BCUT2D eigenvalue weighted by Crippen LogP contribution is -2.34. The summed E-state index contributed by atoms with van der Waals surface area (Å²) in [5, 5.41) is 0. The van der Waals surface area contributed by atoms with Crippen LogP contribution in [0.4, 0.5) is 0 Å². The first-order chi connectivity index (χ1) is 15.8. The summed E-state index contributed by atoms with van der Waals surface area (Å²) >= 11 is 9.99. The second-order valence-corrected chi connectivity index (χ2v) is 10.2. The van der Waals surface area contributed by atoms with Crippen molar-refractivity contribution < 1.29 is 23.8 Å². The zero-order valence-corrected chi connectivity index (χ0v) is 21.7. The maximum absolute atomic E-state index is 12.8. The number of rotatable bonds is 9. The van der Waals surface area contributed by atoms with Crippen molar-refractivity contribution in [3.8, 4) is 11.5 Å². The Morgan fingerprint density at radius 3 is 2.64 bits per heavy atom. The van der Waals surface area contributed by atoms with E-state index in [-0.39, 0.29) is 18.4 Å². The van der Waals surface area contributed by atoms with Crippen LogP contribution in [0.1, 0.15) is 25.0 Å². The summed E-state index contributed by atoms with van der Waals surface area (Å²) in [6.45, 7) is 4.38. The summed E-state index contributed by atoms with van der Waals surface area (Å²) in [4.78, 5) is 26.6. The number of hydrogen-bond acceptors (Lipinski definition) is 7. The van der Waals surface area contributed by atoms with Gasteiger partial charge in [0.05, 0.1) is 23.1 Å². The second kappa shape index (κ2) is 11.7. The lowest BCUT2D eigenvalue weighted by Gasteiger charge is -2.14. The van der Waals surface area contributed by atoms with Crippen molar-refractivity contribution in [1.82, 2.24) is 4.90 Å². The van der Waals surface area contributed by atoms with Crippen LogP contribution >= 0.6 is 39.9 Å². The minimum atomic E-state index is -0.481. The molecule has 3 rings (SSSR count). The molecule has 0 radical (unpaired) electrons. The number of ether oxygens (including phenoxy) is 3. The van der Waals surface area contributed by atoms with Crippen LogP contribution in [0.5, 0.6) is 11.5 Å². The standard InChI is InChI=1S/C24H24BrNO5S2/c1-15(2)13-30-21(27)12-26-23(28)20(33-24(26)32)11-17-9-18(25)22(19(10-17)29-3)31-14-16-7-5-4-6-8-16/h4-11,15H,12-14H2,1-3H3/b20-11-. The number of esters is 1. The van der Waals surface area contributed by atoms with E-state index in [1.54, 1.807) is 19.3 Å². The predicted molar refractivity (Wildman–Crippen MR) is 137 cm³/mol. The van der Waals surface area contributed by atoms with Crippen LogP contribution < -0.4 is 9.47 Å². The molecule has 1 heterocycles. The summed E-state index contributed by atoms with van der Waals surface area (Å²) in [7, 11) is 1.56. The van der Waals surface area contributed by atoms with Crippen molar-refractivity contribution in [3.05, 3.63) is 63.0 Å². The van der Waals surface area contributed by atoms with E-state index >= 15 is 0 Å². The van der Waals surface area contributed by atoms with E-state index in [1.807, 2.05) is 50.2 Å². The number of nitrogens with zero attached hydrogens (tertiary/aromatic N) is 1. The lowest BCUT2D eigenvalue weighted by atomic mass is 10.1. The average molecular weight is 550 g/mol. The van der Waals surface area contributed by atoms with Gasteiger partial charge in [0.1, 0.15) is 17.5 Å². The highest BCUT2D eigenvalue weighted by Crippen LogP contribution is 2.39. The van der Waals surface area contributed by atoms with Gasteiger partial charge < -0.3 is 14.2 Å². The van der Waals surface area contributed by atoms with Gasteiger partial charge in [-0.1, -0.05) is 68.2 Å². The number of thioether (sulfide) groups is 1. The normalized spacial score (nSPS) is 14.8. The van der Waals surface area contributed by atoms with Crippen molar-refractivity contribution in [2.75, 3.05) is 20.3 Å². The number of carbonyl (C=O) groups excluding carboxylic acids is 2. The molecule has 1 fully saturated rings. The highest BCUT2D eigenvalue weighted by molar-refractivity contribution is 9.10. The van der Waals surface area contributed by atoms with Gasteiger partial charge in [-0.05, 0) is 51.2 Å². The number of thiocarbonyl (C=S) groups is 1. The van der Waals surface area contributed by atoms with E-state index in [9.17, 15) is 9.59 Å². The van der Waals surface area contributed by atoms with Gasteiger partial charge in [-0.15, -0.1) is 0 Å². The minimum Gasteiger partial charge on any atom is -0.493 e. The summed E-state index contributed by atoms with van der Waals surface area (Å²) in [5.41, 5.74) is 1.76. The Morgan fingerprint density at radius 1 is 1.24 bits per heavy atom. The molecule has 1 aliphatic heterocycles. The van der Waals surface area contributed by atoms with Gasteiger partial charge in [0.15, 0.2) is 11.5 Å². The maximum Gasteiger partial charge on any atom is 0.326 e. The van der Waals surface area contributed by atoms with E-state index < -0.39 is 5.97 Å². The number of hydrogen-bond donors (Lipinski definition) is 0. The Hall–Kier alpha value is -2.36. The molecule has 0 N–H and O–H groups in total. The number of benzene rings is 2. The second-order valence-electron chi connectivity index (χ2n) is 7.65. The van der Waals surface area contributed by atoms with Gasteiger partial charge in [-0.3, -0.25) is 14.5 Å². The molecule has 0 aliphatic carbocycles. The first kappa shape index (κ1) is 25.3. The minimum absolute atomic E-state index is 0.200. The van der Waals surface area contributed by atoms with Crippen LogP contribution in [-0.4, -0.2) is 41.4 Å². The number of halogens is 1. The molecule has 174 valence electrons. The van der Waals surface area contributed by atoms with Crippen molar-refractivity contribution in [2.45, 2.75) is 20.5 Å². The molecule has 0 saturated carbocycles. The lowest BCUT2D eigenvalue weighted by molar-refractivity contribution is -0.147. The molecule has 2 aromatic carbocycles. The summed E-state index contributed by atoms with van der Waals surface area (Å²) < 4.78 is 17.7. The third-order valence-electron chi connectivity index (χ3n) is 4.51. The SMILES string of the molecule is COc1cc(/C=C2\SC(=S)N(CC(=O)OCC(C)C)C2=O)cc(Br)c1OCc1ccccc1. The zero-order valence-electron chi connectivity index (χ0n) is 18.5. The van der Waals surface area contributed by atoms with Gasteiger partial charge in [0.2, 0.25) is 0 Å². The number of methoxy groups -OCH3 is 1. The Bertz CT molecular complexity index is 1070. The van der Waals surface area contributed by atoms with E-state index in [1.165, 1.54) is 4.90 Å². The highest BCUT2D eigenvalue weighted by atomic mass is 79.9. The van der Waals surface area contributed by atoms with Crippen LogP contribution in [0.25, 0.3) is 6.08 Å². The molecule has 1 amide bonds. The van der Waals surface area contributed by atoms with E-state index in [2.05, 4.69) is 15.9 Å². The molecule has 0 spiro atoms. The fourth-order valence-electron chi connectivity index (χ4n) is 2.91. The Labute approximate surface area is 211 Å². The average Bonchev–Trinajstić information content (AvgIpc) is 3.04. The van der Waals surface area contributed by atoms with Gasteiger partial charge >= 0.3 is 5.97 Å². The molecule has 0 aromatic heterocycles. The molecule has 2 aromatic rings. The fraction of sp³-hybridized carbons (Fsp3) is 0.292. The van der Waals surface area contributed by atoms with Gasteiger partial charge in [-0.2, -0.15) is 0 Å². The van der Waals surface area contributed by atoms with Crippen LogP contribution in [-0.2, 0) is 20.9 Å². The topological polar surface area (TPSA) is 65.1 Å². The number of carbonyl (C=O) groups is 2. The van der Waals surface area contributed by atoms with Crippen LogP contribution in [0.3, 0.4) is 0 Å². The molecule has 6 nitrogen and oxygen atoms in total. The smallest absolute Gasteiger partial charge is 0.326 e. The van der Waals surface area contributed by atoms with Gasteiger partial charge in [0.25, 0.3) is 5.91 Å². The largest absolute Gasteiger partial charge is 0.493 e. The van der Waals surface area contributed by atoms with Gasteiger partial charge in [-0.25, -0.2) is 0 Å². The van der Waals surface area contributed by atoms with E-state index in [0.717, 1.165) is 22.9 Å². The Morgan fingerprint density at radius 2 is 1.97 bits per heavy atom. The molecule has 0 unspecified atom stereocenters. The van der Waals surface area contributed by atoms with Crippen LogP contribution in [0, 0.1) is 5.92 Å². The number of amides is 1. The van der Waals surface area contributed by atoms with Crippen LogP contribution in [0.15, 0.2) is 51.8 Å². The van der Waals surface area contributed by atoms with Gasteiger partial charge in [0, 0.05) is 0 Å². The molecule has 33 heavy (non-hydrogen) atoms. The van der Waals surface area contributed by atoms with E-state index in [0.29, 0.717) is 38.4 Å². The van der Waals surface area contributed by atoms with Crippen molar-refractivity contribution in [3.63, 3.8) is 0 Å². The Kier molecular flexibility index (Phi) is 8.94. The third kappa shape index (κ3) is 6.82. The Balaban J connectivity index is 1.74. The highest BCUT2D eigenvalue weighted by Gasteiger charge is 2.34. The first-order valence-electron chi connectivity index (χ1n) is 10.2. The first-order valence-corrected chi connectivity index (χ1v) is 12.3. The van der Waals surface area contributed by atoms with Crippen molar-refractivity contribution in [2.24, 2.45) is 5.92 Å². The molecule has 1 saturated heterocycles. The van der Waals surface area contributed by atoms with Crippen molar-refractivity contribution in [1.29, 1.82) is 0 Å². The molecule has 1 aliphatic rings. The summed E-state index contributed by atoms with van der Waals surface area (Å²) in [5.74, 6) is 0.503. The molecule has 9 heteroatoms.